The molecule has 1 aliphatic carbocycles. The molecule has 0 N–H and O–H groups in total. The van der Waals surface area contributed by atoms with Crippen LogP contribution in [0.4, 0.5) is 0 Å². The lowest BCUT2D eigenvalue weighted by Crippen LogP contribution is -2.47. The van der Waals surface area contributed by atoms with Crippen molar-refractivity contribution in [1.82, 2.24) is 4.31 Å². The number of ether oxygens (including phenoxy) is 1. The van der Waals surface area contributed by atoms with Crippen molar-refractivity contribution >= 4 is 16.0 Å². The van der Waals surface area contributed by atoms with Gasteiger partial charge in [-0.05, 0) is 51.2 Å². The fourth-order valence-electron chi connectivity index (χ4n) is 3.66. The fraction of sp³-hybridized carbons (Fsp3) is 0.632. The van der Waals surface area contributed by atoms with Crippen molar-refractivity contribution in [3.8, 4) is 0 Å². The molecule has 1 aliphatic heterocycles. The first-order chi connectivity index (χ1) is 11.9. The quantitative estimate of drug-likeness (QED) is 0.727. The van der Waals surface area contributed by atoms with Gasteiger partial charge >= 0.3 is 5.97 Å². The van der Waals surface area contributed by atoms with Crippen LogP contribution < -0.4 is 0 Å². The van der Waals surface area contributed by atoms with Gasteiger partial charge in [0.15, 0.2) is 0 Å². The average molecular weight is 365 g/mol. The highest BCUT2D eigenvalue weighted by Crippen LogP contribution is 2.47. The van der Waals surface area contributed by atoms with Gasteiger partial charge in [-0.25, -0.2) is 8.42 Å². The standard InChI is InChI=1S/C19H27NO4S/c1-3-24-18(21)19(14-16-6-7-16)10-12-20(13-11-19)25(22,23)17-8-4-15(2)5-9-17/h4-5,8-9,16H,3,6-7,10-14H2,1-2H3. The summed E-state index contributed by atoms with van der Waals surface area (Å²) >= 11 is 0. The molecule has 1 heterocycles. The Morgan fingerprint density at radius 3 is 2.32 bits per heavy atom. The summed E-state index contributed by atoms with van der Waals surface area (Å²) in [5, 5.41) is 0. The number of benzene rings is 1. The smallest absolute Gasteiger partial charge is 0.312 e. The van der Waals surface area contributed by atoms with Crippen molar-refractivity contribution < 1.29 is 17.9 Å². The first kappa shape index (κ1) is 18.4. The molecule has 138 valence electrons. The highest BCUT2D eigenvalue weighted by atomic mass is 32.2. The van der Waals surface area contributed by atoms with Crippen LogP contribution in [0.25, 0.3) is 0 Å². The van der Waals surface area contributed by atoms with E-state index in [4.69, 9.17) is 4.74 Å². The summed E-state index contributed by atoms with van der Waals surface area (Å²) in [5.41, 5.74) is 0.527. The number of sulfonamides is 1. The number of piperidine rings is 1. The summed E-state index contributed by atoms with van der Waals surface area (Å²) in [6, 6.07) is 6.93. The Balaban J connectivity index is 1.74. The van der Waals surface area contributed by atoms with Crippen LogP contribution in [0.3, 0.4) is 0 Å². The minimum absolute atomic E-state index is 0.144. The van der Waals surface area contributed by atoms with Crippen molar-refractivity contribution in [3.05, 3.63) is 29.8 Å². The summed E-state index contributed by atoms with van der Waals surface area (Å²) in [5.74, 6) is 0.457. The number of carbonyl (C=O) groups is 1. The maximum atomic E-state index is 12.8. The van der Waals surface area contributed by atoms with E-state index in [-0.39, 0.29) is 5.97 Å². The number of carbonyl (C=O) groups excluding carboxylic acids is 1. The van der Waals surface area contributed by atoms with Gasteiger partial charge in [-0.15, -0.1) is 0 Å². The van der Waals surface area contributed by atoms with Gasteiger partial charge in [0.1, 0.15) is 0 Å². The molecule has 6 heteroatoms. The Labute approximate surface area is 150 Å². The number of aryl methyl sites for hydroxylation is 1. The van der Waals surface area contributed by atoms with Gasteiger partial charge in [0.25, 0.3) is 0 Å². The molecule has 0 aromatic heterocycles. The summed E-state index contributed by atoms with van der Waals surface area (Å²) in [6.07, 6.45) is 4.28. The molecule has 0 unspecified atom stereocenters. The molecular weight excluding hydrogens is 338 g/mol. The van der Waals surface area contributed by atoms with Crippen molar-refractivity contribution in [2.75, 3.05) is 19.7 Å². The molecule has 3 rings (SSSR count). The van der Waals surface area contributed by atoms with Gasteiger partial charge in [-0.2, -0.15) is 4.31 Å². The monoisotopic (exact) mass is 365 g/mol. The lowest BCUT2D eigenvalue weighted by Gasteiger charge is -2.39. The van der Waals surface area contributed by atoms with Gasteiger partial charge in [0.05, 0.1) is 16.9 Å². The van der Waals surface area contributed by atoms with Crippen molar-refractivity contribution in [1.29, 1.82) is 0 Å². The van der Waals surface area contributed by atoms with Gasteiger partial charge in [-0.1, -0.05) is 30.5 Å². The molecule has 0 radical (unpaired) electrons. The molecule has 0 amide bonds. The molecule has 0 bridgehead atoms. The summed E-state index contributed by atoms with van der Waals surface area (Å²) in [7, 11) is -3.50. The third kappa shape index (κ3) is 3.90. The van der Waals surface area contributed by atoms with Crippen LogP contribution in [0.5, 0.6) is 0 Å². The number of hydrogen-bond acceptors (Lipinski definition) is 4. The third-order valence-electron chi connectivity index (χ3n) is 5.42. The minimum atomic E-state index is -3.50. The Bertz CT molecular complexity index is 714. The van der Waals surface area contributed by atoms with Gasteiger partial charge in [0.2, 0.25) is 10.0 Å². The second-order valence-corrected chi connectivity index (χ2v) is 9.30. The Kier molecular flexibility index (Phi) is 5.21. The Morgan fingerprint density at radius 1 is 1.20 bits per heavy atom. The zero-order valence-corrected chi connectivity index (χ0v) is 15.8. The SMILES string of the molecule is CCOC(=O)C1(CC2CC2)CCN(S(=O)(=O)c2ccc(C)cc2)CC1. The molecule has 5 nitrogen and oxygen atoms in total. The molecule has 1 saturated heterocycles. The summed E-state index contributed by atoms with van der Waals surface area (Å²) in [4.78, 5) is 12.9. The first-order valence-electron chi connectivity index (χ1n) is 9.11. The predicted octanol–water partition coefficient (Wildman–Crippen LogP) is 3.13. The van der Waals surface area contributed by atoms with Crippen LogP contribution in [-0.4, -0.2) is 38.4 Å². The minimum Gasteiger partial charge on any atom is -0.466 e. The zero-order valence-electron chi connectivity index (χ0n) is 15.0. The highest BCUT2D eigenvalue weighted by molar-refractivity contribution is 7.89. The number of esters is 1. The molecule has 0 atom stereocenters. The topological polar surface area (TPSA) is 63.7 Å². The molecule has 0 spiro atoms. The molecule has 2 aliphatic rings. The largest absolute Gasteiger partial charge is 0.466 e. The maximum Gasteiger partial charge on any atom is 0.312 e. The normalized spacial score (nSPS) is 21.0. The molecule has 2 fully saturated rings. The fourth-order valence-corrected chi connectivity index (χ4v) is 5.11. The van der Waals surface area contributed by atoms with Crippen LogP contribution >= 0.6 is 0 Å². The van der Waals surface area contributed by atoms with E-state index in [0.717, 1.165) is 12.0 Å². The van der Waals surface area contributed by atoms with E-state index in [1.54, 1.807) is 12.1 Å². The maximum absolute atomic E-state index is 12.8. The van der Waals surface area contributed by atoms with Crippen molar-refractivity contribution in [3.63, 3.8) is 0 Å². The Hall–Kier alpha value is -1.40. The number of hydrogen-bond donors (Lipinski definition) is 0. The lowest BCUT2D eigenvalue weighted by atomic mass is 9.74. The van der Waals surface area contributed by atoms with E-state index in [9.17, 15) is 13.2 Å². The molecule has 1 aromatic rings. The van der Waals surface area contributed by atoms with E-state index in [1.807, 2.05) is 26.0 Å². The molecular formula is C19H27NO4S. The van der Waals surface area contributed by atoms with Crippen LogP contribution in [0.15, 0.2) is 29.2 Å². The van der Waals surface area contributed by atoms with Crippen LogP contribution in [-0.2, 0) is 19.6 Å². The number of rotatable bonds is 6. The van der Waals surface area contributed by atoms with Gasteiger partial charge in [-0.3, -0.25) is 4.79 Å². The predicted molar refractivity (Wildman–Crippen MR) is 95.6 cm³/mol. The Morgan fingerprint density at radius 2 is 1.80 bits per heavy atom. The van der Waals surface area contributed by atoms with Crippen LogP contribution in [0.2, 0.25) is 0 Å². The number of nitrogens with zero attached hydrogens (tertiary/aromatic N) is 1. The molecule has 1 saturated carbocycles. The van der Waals surface area contributed by atoms with Gasteiger partial charge in [0, 0.05) is 13.1 Å². The molecule has 25 heavy (non-hydrogen) atoms. The highest BCUT2D eigenvalue weighted by Gasteiger charge is 2.47. The van der Waals surface area contributed by atoms with E-state index in [1.165, 1.54) is 17.1 Å². The summed E-state index contributed by atoms with van der Waals surface area (Å²) in [6.45, 7) is 4.88. The zero-order chi connectivity index (χ0) is 18.1. The van der Waals surface area contributed by atoms with Crippen molar-refractivity contribution in [2.24, 2.45) is 11.3 Å². The second-order valence-electron chi connectivity index (χ2n) is 7.37. The lowest BCUT2D eigenvalue weighted by molar-refractivity contribution is -0.159. The van der Waals surface area contributed by atoms with Crippen LogP contribution in [0, 0.1) is 18.3 Å². The summed E-state index contributed by atoms with van der Waals surface area (Å²) < 4.78 is 32.5. The third-order valence-corrected chi connectivity index (χ3v) is 7.34. The average Bonchev–Trinajstić information content (AvgIpc) is 3.40. The van der Waals surface area contributed by atoms with Crippen molar-refractivity contribution in [2.45, 2.75) is 50.8 Å². The van der Waals surface area contributed by atoms with E-state index >= 15 is 0 Å². The van der Waals surface area contributed by atoms with Crippen LogP contribution in [0.1, 0.15) is 44.6 Å². The second kappa shape index (κ2) is 7.08. The van der Waals surface area contributed by atoms with E-state index in [0.29, 0.717) is 43.4 Å². The van der Waals surface area contributed by atoms with E-state index in [2.05, 4.69) is 0 Å². The molecule has 1 aromatic carbocycles. The first-order valence-corrected chi connectivity index (χ1v) is 10.6. The van der Waals surface area contributed by atoms with Gasteiger partial charge < -0.3 is 4.74 Å². The van der Waals surface area contributed by atoms with E-state index < -0.39 is 15.4 Å².